The monoisotopic (exact) mass is 281 g/mol. The maximum absolute atomic E-state index is 13.9. The first-order chi connectivity index (χ1) is 9.65. The van der Waals surface area contributed by atoms with E-state index in [-0.39, 0.29) is 11.9 Å². The lowest BCUT2D eigenvalue weighted by Gasteiger charge is -2.20. The van der Waals surface area contributed by atoms with E-state index >= 15 is 0 Å². The summed E-state index contributed by atoms with van der Waals surface area (Å²) in [7, 11) is 0. The lowest BCUT2D eigenvalue weighted by molar-refractivity contribution is 0.0465. The summed E-state index contributed by atoms with van der Waals surface area (Å²) in [5, 5.41) is 3.32. The summed E-state index contributed by atoms with van der Waals surface area (Å²) >= 11 is 0. The van der Waals surface area contributed by atoms with Crippen LogP contribution in [0.1, 0.15) is 51.7 Å². The molecule has 0 radical (unpaired) electrons. The summed E-state index contributed by atoms with van der Waals surface area (Å²) < 4.78 is 19.8. The van der Waals surface area contributed by atoms with Crippen molar-refractivity contribution in [2.45, 2.75) is 46.1 Å². The number of halogens is 1. The number of rotatable bonds is 10. The Morgan fingerprint density at radius 3 is 2.65 bits per heavy atom. The van der Waals surface area contributed by atoms with Gasteiger partial charge >= 0.3 is 0 Å². The second kappa shape index (κ2) is 9.89. The molecule has 0 fully saturated rings. The summed E-state index contributed by atoms with van der Waals surface area (Å²) in [6, 6.07) is 6.90. The van der Waals surface area contributed by atoms with Crippen molar-refractivity contribution in [1.29, 1.82) is 0 Å². The molecule has 114 valence electrons. The van der Waals surface area contributed by atoms with Gasteiger partial charge in [-0.15, -0.1) is 0 Å². The van der Waals surface area contributed by atoms with E-state index in [0.29, 0.717) is 24.6 Å². The van der Waals surface area contributed by atoms with E-state index in [0.717, 1.165) is 25.8 Å². The Kier molecular flexibility index (Phi) is 8.47. The number of ether oxygens (including phenoxy) is 1. The van der Waals surface area contributed by atoms with Gasteiger partial charge in [0.05, 0.1) is 6.10 Å². The van der Waals surface area contributed by atoms with Crippen molar-refractivity contribution in [3.8, 4) is 0 Å². The third kappa shape index (κ3) is 6.49. The van der Waals surface area contributed by atoms with Crippen molar-refractivity contribution in [2.75, 3.05) is 19.7 Å². The highest BCUT2D eigenvalue weighted by Crippen LogP contribution is 2.20. The van der Waals surface area contributed by atoms with Crippen LogP contribution < -0.4 is 5.32 Å². The van der Waals surface area contributed by atoms with Gasteiger partial charge in [0.2, 0.25) is 0 Å². The van der Waals surface area contributed by atoms with Crippen molar-refractivity contribution in [2.24, 2.45) is 5.92 Å². The minimum absolute atomic E-state index is 0.181. The lowest BCUT2D eigenvalue weighted by Crippen LogP contribution is -2.25. The maximum Gasteiger partial charge on any atom is 0.129 e. The zero-order valence-corrected chi connectivity index (χ0v) is 13.0. The highest BCUT2D eigenvalue weighted by atomic mass is 19.1. The molecule has 0 saturated carbocycles. The molecular formula is C17H28FNO. The smallest absolute Gasteiger partial charge is 0.129 e. The highest BCUT2D eigenvalue weighted by molar-refractivity contribution is 5.20. The molecule has 0 aliphatic carbocycles. The van der Waals surface area contributed by atoms with Crippen LogP contribution in [0.25, 0.3) is 0 Å². The van der Waals surface area contributed by atoms with Gasteiger partial charge in [0.15, 0.2) is 0 Å². The Balaban J connectivity index is 2.54. The van der Waals surface area contributed by atoms with E-state index in [2.05, 4.69) is 26.1 Å². The molecule has 1 aromatic rings. The quantitative estimate of drug-likeness (QED) is 0.645. The summed E-state index contributed by atoms with van der Waals surface area (Å²) in [5.41, 5.74) is 0.653. The van der Waals surface area contributed by atoms with Gasteiger partial charge in [-0.2, -0.15) is 0 Å². The van der Waals surface area contributed by atoms with Crippen LogP contribution in [0.2, 0.25) is 0 Å². The van der Waals surface area contributed by atoms with Crippen molar-refractivity contribution in [3.63, 3.8) is 0 Å². The predicted octanol–water partition coefficient (Wildman–Crippen LogP) is 4.32. The van der Waals surface area contributed by atoms with Crippen molar-refractivity contribution in [3.05, 3.63) is 35.6 Å². The Hall–Kier alpha value is -0.930. The number of hydrogen-bond acceptors (Lipinski definition) is 2. The zero-order valence-electron chi connectivity index (χ0n) is 13.0. The first-order valence-electron chi connectivity index (χ1n) is 7.71. The van der Waals surface area contributed by atoms with Crippen LogP contribution in [-0.4, -0.2) is 19.7 Å². The van der Waals surface area contributed by atoms with Crippen LogP contribution in [0.4, 0.5) is 4.39 Å². The highest BCUT2D eigenvalue weighted by Gasteiger charge is 2.15. The first kappa shape index (κ1) is 17.1. The molecule has 2 nitrogen and oxygen atoms in total. The Morgan fingerprint density at radius 1 is 1.25 bits per heavy atom. The van der Waals surface area contributed by atoms with Crippen LogP contribution in [0.5, 0.6) is 0 Å². The minimum atomic E-state index is -0.199. The molecule has 0 spiro atoms. The van der Waals surface area contributed by atoms with Gasteiger partial charge in [-0.25, -0.2) is 4.39 Å². The van der Waals surface area contributed by atoms with E-state index in [1.54, 1.807) is 6.07 Å². The summed E-state index contributed by atoms with van der Waals surface area (Å²) in [5.74, 6) is 0.503. The molecule has 1 atom stereocenters. The van der Waals surface area contributed by atoms with Gasteiger partial charge in [0.1, 0.15) is 5.82 Å². The maximum atomic E-state index is 13.9. The molecule has 0 aromatic heterocycles. The van der Waals surface area contributed by atoms with Crippen LogP contribution in [-0.2, 0) is 4.74 Å². The van der Waals surface area contributed by atoms with Gasteiger partial charge in [-0.05, 0) is 37.8 Å². The minimum Gasteiger partial charge on any atom is -0.372 e. The largest absolute Gasteiger partial charge is 0.372 e. The van der Waals surface area contributed by atoms with Crippen molar-refractivity contribution in [1.82, 2.24) is 5.32 Å². The van der Waals surface area contributed by atoms with E-state index < -0.39 is 0 Å². The van der Waals surface area contributed by atoms with E-state index in [9.17, 15) is 4.39 Å². The molecule has 0 saturated heterocycles. The second-order valence-corrected chi connectivity index (χ2v) is 5.62. The molecule has 20 heavy (non-hydrogen) atoms. The van der Waals surface area contributed by atoms with Gasteiger partial charge in [0.25, 0.3) is 0 Å². The molecule has 0 amide bonds. The molecule has 1 N–H and O–H groups in total. The predicted molar refractivity (Wildman–Crippen MR) is 82.3 cm³/mol. The SMILES string of the molecule is CCCNCC(OCCCC(C)C)c1ccccc1F. The van der Waals surface area contributed by atoms with Crippen molar-refractivity contribution < 1.29 is 9.13 Å². The van der Waals surface area contributed by atoms with E-state index in [4.69, 9.17) is 4.74 Å². The normalized spacial score (nSPS) is 12.8. The summed E-state index contributed by atoms with van der Waals surface area (Å²) in [6.07, 6.45) is 3.04. The second-order valence-electron chi connectivity index (χ2n) is 5.62. The van der Waals surface area contributed by atoms with E-state index in [1.807, 2.05) is 12.1 Å². The molecular weight excluding hydrogens is 253 g/mol. The molecule has 1 aromatic carbocycles. The fourth-order valence-electron chi connectivity index (χ4n) is 2.12. The number of nitrogens with one attached hydrogen (secondary N) is 1. The van der Waals surface area contributed by atoms with Gasteiger partial charge in [-0.3, -0.25) is 0 Å². The molecule has 0 aliphatic heterocycles. The topological polar surface area (TPSA) is 21.3 Å². The first-order valence-corrected chi connectivity index (χ1v) is 7.71. The fraction of sp³-hybridized carbons (Fsp3) is 0.647. The number of benzene rings is 1. The van der Waals surface area contributed by atoms with E-state index in [1.165, 1.54) is 6.07 Å². The van der Waals surface area contributed by atoms with Crippen LogP contribution >= 0.6 is 0 Å². The third-order valence-electron chi connectivity index (χ3n) is 3.25. The third-order valence-corrected chi connectivity index (χ3v) is 3.25. The molecule has 1 rings (SSSR count). The summed E-state index contributed by atoms with van der Waals surface area (Å²) in [4.78, 5) is 0. The average molecular weight is 281 g/mol. The lowest BCUT2D eigenvalue weighted by atomic mass is 10.1. The molecule has 1 unspecified atom stereocenters. The molecule has 0 bridgehead atoms. The number of hydrogen-bond donors (Lipinski definition) is 1. The van der Waals surface area contributed by atoms with Crippen LogP contribution in [0.3, 0.4) is 0 Å². The fourth-order valence-corrected chi connectivity index (χ4v) is 2.12. The zero-order chi connectivity index (χ0) is 14.8. The Bertz CT molecular complexity index is 368. The Morgan fingerprint density at radius 2 is 2.00 bits per heavy atom. The van der Waals surface area contributed by atoms with Gasteiger partial charge in [-0.1, -0.05) is 39.0 Å². The molecule has 3 heteroatoms. The van der Waals surface area contributed by atoms with Gasteiger partial charge < -0.3 is 10.1 Å². The average Bonchev–Trinajstić information content (AvgIpc) is 2.42. The van der Waals surface area contributed by atoms with Crippen LogP contribution in [0.15, 0.2) is 24.3 Å². The van der Waals surface area contributed by atoms with Crippen molar-refractivity contribution >= 4 is 0 Å². The molecule has 0 heterocycles. The Labute approximate surface area is 122 Å². The van der Waals surface area contributed by atoms with Crippen LogP contribution in [0, 0.1) is 11.7 Å². The summed E-state index contributed by atoms with van der Waals surface area (Å²) in [6.45, 7) is 8.81. The van der Waals surface area contributed by atoms with Gasteiger partial charge in [0, 0.05) is 18.7 Å². The standard InChI is InChI=1S/C17H28FNO/c1-4-11-19-13-17(20-12-7-8-14(2)3)15-9-5-6-10-16(15)18/h5-6,9-10,14,17,19H,4,7-8,11-13H2,1-3H3. The molecule has 0 aliphatic rings.